The third-order valence-electron chi connectivity index (χ3n) is 3.90. The molecule has 0 bridgehead atoms. The topological polar surface area (TPSA) is 12.0 Å². The maximum Gasteiger partial charge on any atom is 0.123 e. The van der Waals surface area contributed by atoms with Crippen molar-refractivity contribution in [1.82, 2.24) is 5.32 Å². The van der Waals surface area contributed by atoms with E-state index in [1.165, 1.54) is 34.4 Å². The predicted molar refractivity (Wildman–Crippen MR) is 82.0 cm³/mol. The Labute approximate surface area is 119 Å². The molecule has 20 heavy (non-hydrogen) atoms. The summed E-state index contributed by atoms with van der Waals surface area (Å²) in [7, 11) is 0. The van der Waals surface area contributed by atoms with Crippen molar-refractivity contribution in [3.8, 4) is 11.1 Å². The molecule has 0 saturated carbocycles. The smallest absolute Gasteiger partial charge is 0.123 e. The fraction of sp³-hybridized carbons (Fsp3) is 0.222. The van der Waals surface area contributed by atoms with Crippen LogP contribution in [0, 0.1) is 12.7 Å². The first-order chi connectivity index (χ1) is 9.75. The molecule has 2 heteroatoms. The summed E-state index contributed by atoms with van der Waals surface area (Å²) in [6.07, 6.45) is 3.33. The van der Waals surface area contributed by atoms with Crippen LogP contribution in [-0.2, 0) is 0 Å². The van der Waals surface area contributed by atoms with Gasteiger partial charge in [0, 0.05) is 6.54 Å². The van der Waals surface area contributed by atoms with Crippen LogP contribution in [-0.4, -0.2) is 13.1 Å². The maximum absolute atomic E-state index is 13.1. The Morgan fingerprint density at radius 3 is 2.45 bits per heavy atom. The van der Waals surface area contributed by atoms with Crippen molar-refractivity contribution in [2.75, 3.05) is 13.1 Å². The van der Waals surface area contributed by atoms with Crippen molar-refractivity contribution in [3.05, 3.63) is 65.5 Å². The number of halogens is 1. The Balaban J connectivity index is 2.05. The fourth-order valence-corrected chi connectivity index (χ4v) is 2.79. The lowest BCUT2D eigenvalue weighted by molar-refractivity contribution is 0.628. The minimum absolute atomic E-state index is 0.191. The zero-order chi connectivity index (χ0) is 13.9. The first kappa shape index (κ1) is 13.1. The molecule has 2 aromatic rings. The van der Waals surface area contributed by atoms with Gasteiger partial charge in [0.15, 0.2) is 0 Å². The Bertz CT molecular complexity index is 641. The van der Waals surface area contributed by atoms with Crippen LogP contribution in [0.15, 0.2) is 48.5 Å². The quantitative estimate of drug-likeness (QED) is 0.860. The maximum atomic E-state index is 13.1. The third-order valence-corrected chi connectivity index (χ3v) is 3.90. The Morgan fingerprint density at radius 1 is 1.00 bits per heavy atom. The summed E-state index contributed by atoms with van der Waals surface area (Å²) in [4.78, 5) is 0. The second-order valence-electron chi connectivity index (χ2n) is 5.17. The normalized spacial score (nSPS) is 15.0. The lowest BCUT2D eigenvalue weighted by Crippen LogP contribution is -2.20. The van der Waals surface area contributed by atoms with Gasteiger partial charge in [-0.25, -0.2) is 4.39 Å². The van der Waals surface area contributed by atoms with Crippen molar-refractivity contribution >= 4 is 5.57 Å². The molecule has 1 N–H and O–H groups in total. The molecule has 0 aromatic heterocycles. The molecule has 0 unspecified atom stereocenters. The van der Waals surface area contributed by atoms with E-state index >= 15 is 0 Å². The Kier molecular flexibility index (Phi) is 3.66. The van der Waals surface area contributed by atoms with Crippen molar-refractivity contribution in [3.63, 3.8) is 0 Å². The van der Waals surface area contributed by atoms with Gasteiger partial charge >= 0.3 is 0 Å². The van der Waals surface area contributed by atoms with E-state index in [4.69, 9.17) is 0 Å². The van der Waals surface area contributed by atoms with Crippen LogP contribution in [0.2, 0.25) is 0 Å². The summed E-state index contributed by atoms with van der Waals surface area (Å²) in [6.45, 7) is 4.12. The predicted octanol–water partition coefficient (Wildman–Crippen LogP) is 4.18. The highest BCUT2D eigenvalue weighted by Gasteiger charge is 2.11. The van der Waals surface area contributed by atoms with Crippen molar-refractivity contribution in [2.24, 2.45) is 0 Å². The van der Waals surface area contributed by atoms with Crippen LogP contribution in [0.5, 0.6) is 0 Å². The summed E-state index contributed by atoms with van der Waals surface area (Å²) < 4.78 is 13.1. The van der Waals surface area contributed by atoms with Gasteiger partial charge in [0.25, 0.3) is 0 Å². The van der Waals surface area contributed by atoms with E-state index in [0.29, 0.717) is 0 Å². The van der Waals surface area contributed by atoms with Gasteiger partial charge in [-0.3, -0.25) is 0 Å². The molecule has 1 heterocycles. The fourth-order valence-electron chi connectivity index (χ4n) is 2.79. The molecule has 0 fully saturated rings. The van der Waals surface area contributed by atoms with Crippen LogP contribution < -0.4 is 5.32 Å². The van der Waals surface area contributed by atoms with Gasteiger partial charge in [0.1, 0.15) is 5.82 Å². The van der Waals surface area contributed by atoms with Crippen LogP contribution in [0.25, 0.3) is 16.7 Å². The van der Waals surface area contributed by atoms with Crippen LogP contribution in [0.1, 0.15) is 17.5 Å². The molecule has 1 aliphatic heterocycles. The van der Waals surface area contributed by atoms with Gasteiger partial charge in [-0.2, -0.15) is 0 Å². The summed E-state index contributed by atoms with van der Waals surface area (Å²) in [5.74, 6) is -0.191. The SMILES string of the molecule is Cc1c(C2=CCNCC2)cccc1-c1ccc(F)cc1. The average Bonchev–Trinajstić information content (AvgIpc) is 2.49. The molecular weight excluding hydrogens is 249 g/mol. The van der Waals surface area contributed by atoms with E-state index in [-0.39, 0.29) is 5.82 Å². The zero-order valence-electron chi connectivity index (χ0n) is 11.6. The highest BCUT2D eigenvalue weighted by molar-refractivity contribution is 5.77. The first-order valence-electron chi connectivity index (χ1n) is 7.01. The van der Waals surface area contributed by atoms with Gasteiger partial charge in [0.05, 0.1) is 0 Å². The molecule has 0 aliphatic carbocycles. The molecule has 2 aromatic carbocycles. The van der Waals surface area contributed by atoms with E-state index in [0.717, 1.165) is 25.1 Å². The highest BCUT2D eigenvalue weighted by atomic mass is 19.1. The summed E-state index contributed by atoms with van der Waals surface area (Å²) in [6, 6.07) is 13.1. The molecule has 0 amide bonds. The molecule has 102 valence electrons. The van der Waals surface area contributed by atoms with Crippen LogP contribution in [0.4, 0.5) is 4.39 Å². The van der Waals surface area contributed by atoms with E-state index in [2.05, 4.69) is 36.5 Å². The van der Waals surface area contributed by atoms with Gasteiger partial charge in [-0.05, 0) is 59.8 Å². The second kappa shape index (κ2) is 5.59. The standard InChI is InChI=1S/C18H18FN/c1-13-17(14-5-7-16(19)8-6-14)3-2-4-18(13)15-9-11-20-12-10-15/h2-9,20H,10-12H2,1H3. The lowest BCUT2D eigenvalue weighted by Gasteiger charge is -2.18. The van der Waals surface area contributed by atoms with Crippen molar-refractivity contribution in [2.45, 2.75) is 13.3 Å². The number of hydrogen-bond donors (Lipinski definition) is 1. The third kappa shape index (κ3) is 2.52. The van der Waals surface area contributed by atoms with Crippen molar-refractivity contribution < 1.29 is 4.39 Å². The molecule has 0 saturated heterocycles. The van der Waals surface area contributed by atoms with Crippen LogP contribution in [0.3, 0.4) is 0 Å². The van der Waals surface area contributed by atoms with E-state index in [9.17, 15) is 4.39 Å². The van der Waals surface area contributed by atoms with Gasteiger partial charge in [0.2, 0.25) is 0 Å². The molecule has 0 radical (unpaired) electrons. The summed E-state index contributed by atoms with van der Waals surface area (Å²) in [5.41, 5.74) is 6.24. The molecule has 3 rings (SSSR count). The van der Waals surface area contributed by atoms with E-state index in [1.54, 1.807) is 0 Å². The van der Waals surface area contributed by atoms with Crippen LogP contribution >= 0.6 is 0 Å². The summed E-state index contributed by atoms with van der Waals surface area (Å²) >= 11 is 0. The van der Waals surface area contributed by atoms with Gasteiger partial charge in [-0.1, -0.05) is 36.4 Å². The lowest BCUT2D eigenvalue weighted by atomic mass is 9.90. The second-order valence-corrected chi connectivity index (χ2v) is 5.17. The Morgan fingerprint density at radius 2 is 1.75 bits per heavy atom. The monoisotopic (exact) mass is 267 g/mol. The largest absolute Gasteiger partial charge is 0.313 e. The molecule has 1 aliphatic rings. The molecule has 1 nitrogen and oxygen atoms in total. The molecule has 0 spiro atoms. The summed E-state index contributed by atoms with van der Waals surface area (Å²) in [5, 5.41) is 3.34. The highest BCUT2D eigenvalue weighted by Crippen LogP contribution is 2.31. The minimum Gasteiger partial charge on any atom is -0.313 e. The number of benzene rings is 2. The zero-order valence-corrected chi connectivity index (χ0v) is 11.6. The molecular formula is C18H18FN. The first-order valence-corrected chi connectivity index (χ1v) is 7.01. The number of hydrogen-bond acceptors (Lipinski definition) is 1. The average molecular weight is 267 g/mol. The van der Waals surface area contributed by atoms with Gasteiger partial charge in [-0.15, -0.1) is 0 Å². The van der Waals surface area contributed by atoms with E-state index < -0.39 is 0 Å². The minimum atomic E-state index is -0.191. The number of nitrogens with one attached hydrogen (secondary N) is 1. The van der Waals surface area contributed by atoms with E-state index in [1.807, 2.05) is 12.1 Å². The number of rotatable bonds is 2. The van der Waals surface area contributed by atoms with Gasteiger partial charge < -0.3 is 5.32 Å². The molecule has 0 atom stereocenters. The van der Waals surface area contributed by atoms with Crippen molar-refractivity contribution in [1.29, 1.82) is 0 Å². The Hall–Kier alpha value is -1.93.